The molecule has 0 bridgehead atoms. The van der Waals surface area contributed by atoms with Crippen LogP contribution in [0.15, 0.2) is 71.8 Å². The van der Waals surface area contributed by atoms with Crippen molar-refractivity contribution in [2.45, 2.75) is 13.5 Å². The number of rotatable bonds is 6. The zero-order valence-electron chi connectivity index (χ0n) is 16.4. The van der Waals surface area contributed by atoms with Crippen LogP contribution < -0.4 is 4.74 Å². The van der Waals surface area contributed by atoms with Crippen molar-refractivity contribution in [2.75, 3.05) is 32.8 Å². The van der Waals surface area contributed by atoms with Gasteiger partial charge in [-0.3, -0.25) is 9.91 Å². The molecule has 28 heavy (non-hydrogen) atoms. The van der Waals surface area contributed by atoms with E-state index in [9.17, 15) is 0 Å². The minimum absolute atomic E-state index is 0.664. The summed E-state index contributed by atoms with van der Waals surface area (Å²) in [6.45, 7) is 7.59. The summed E-state index contributed by atoms with van der Waals surface area (Å²) in [6, 6.07) is 23.3. The molecule has 1 fully saturated rings. The molecule has 4 heteroatoms. The quantitative estimate of drug-likeness (QED) is 0.600. The van der Waals surface area contributed by atoms with Crippen LogP contribution in [0.3, 0.4) is 0 Å². The Bertz CT molecular complexity index is 940. The van der Waals surface area contributed by atoms with Gasteiger partial charge in [-0.25, -0.2) is 0 Å². The van der Waals surface area contributed by atoms with Gasteiger partial charge in [0.25, 0.3) is 0 Å². The lowest BCUT2D eigenvalue weighted by Gasteiger charge is -2.33. The third kappa shape index (κ3) is 4.34. The van der Waals surface area contributed by atoms with E-state index in [-0.39, 0.29) is 0 Å². The summed E-state index contributed by atoms with van der Waals surface area (Å²) in [5.41, 5.74) is 2.43. The molecule has 0 radical (unpaired) electrons. The Morgan fingerprint density at radius 1 is 0.893 bits per heavy atom. The van der Waals surface area contributed by atoms with E-state index in [1.165, 1.54) is 16.3 Å². The van der Waals surface area contributed by atoms with E-state index in [0.29, 0.717) is 6.61 Å². The molecular formula is C24H27N3O. The van der Waals surface area contributed by atoms with Crippen LogP contribution in [0.1, 0.15) is 18.1 Å². The number of para-hydroxylation sites is 1. The monoisotopic (exact) mass is 373 g/mol. The van der Waals surface area contributed by atoms with Gasteiger partial charge >= 0.3 is 0 Å². The van der Waals surface area contributed by atoms with Crippen molar-refractivity contribution < 1.29 is 4.74 Å². The van der Waals surface area contributed by atoms with Gasteiger partial charge in [-0.05, 0) is 35.4 Å². The summed E-state index contributed by atoms with van der Waals surface area (Å²) in [5, 5.41) is 9.52. The molecule has 0 aromatic heterocycles. The van der Waals surface area contributed by atoms with Crippen molar-refractivity contribution in [3.8, 4) is 5.75 Å². The van der Waals surface area contributed by atoms with Crippen molar-refractivity contribution in [3.63, 3.8) is 0 Å². The van der Waals surface area contributed by atoms with Crippen molar-refractivity contribution in [1.29, 1.82) is 0 Å². The first-order chi connectivity index (χ1) is 13.8. The summed E-state index contributed by atoms with van der Waals surface area (Å²) in [5.74, 6) is 0.892. The number of nitrogens with zero attached hydrogens (tertiary/aromatic N) is 3. The second-order valence-corrected chi connectivity index (χ2v) is 7.08. The van der Waals surface area contributed by atoms with E-state index < -0.39 is 0 Å². The largest absolute Gasteiger partial charge is 0.493 e. The normalized spacial score (nSPS) is 15.4. The molecule has 144 valence electrons. The predicted molar refractivity (Wildman–Crippen MR) is 116 cm³/mol. The maximum Gasteiger partial charge on any atom is 0.128 e. The van der Waals surface area contributed by atoms with Gasteiger partial charge in [0.05, 0.1) is 12.8 Å². The molecule has 1 saturated heterocycles. The molecule has 1 heterocycles. The molecule has 1 aliphatic heterocycles. The highest BCUT2D eigenvalue weighted by Gasteiger charge is 2.16. The van der Waals surface area contributed by atoms with Crippen LogP contribution in [-0.2, 0) is 6.54 Å². The molecule has 1 aliphatic rings. The average molecular weight is 374 g/mol. The van der Waals surface area contributed by atoms with Crippen LogP contribution in [0.2, 0.25) is 0 Å². The van der Waals surface area contributed by atoms with Gasteiger partial charge in [-0.2, -0.15) is 5.10 Å². The van der Waals surface area contributed by atoms with Gasteiger partial charge in [0, 0.05) is 38.3 Å². The third-order valence-electron chi connectivity index (χ3n) is 5.20. The van der Waals surface area contributed by atoms with E-state index in [1.807, 2.05) is 37.4 Å². The molecule has 3 aromatic carbocycles. The van der Waals surface area contributed by atoms with Crippen LogP contribution in [0.5, 0.6) is 5.75 Å². The standard InChI is InChI=1S/C24H27N3O/c1-2-28-24-13-6-4-9-21(24)18-25-27-16-14-26(15-17-27)19-22-11-7-10-20-8-3-5-12-23(20)22/h3-13,18H,2,14-17,19H2,1H3/b25-18+. The number of hydrogen-bond acceptors (Lipinski definition) is 4. The van der Waals surface area contributed by atoms with Crippen molar-refractivity contribution >= 4 is 17.0 Å². The highest BCUT2D eigenvalue weighted by molar-refractivity contribution is 5.85. The summed E-state index contributed by atoms with van der Waals surface area (Å²) >= 11 is 0. The molecule has 3 aromatic rings. The minimum atomic E-state index is 0.664. The van der Waals surface area contributed by atoms with E-state index in [2.05, 4.69) is 57.5 Å². The van der Waals surface area contributed by atoms with Crippen molar-refractivity contribution in [2.24, 2.45) is 5.10 Å². The first kappa shape index (κ1) is 18.5. The summed E-state index contributed by atoms with van der Waals surface area (Å²) in [6.07, 6.45) is 1.92. The first-order valence-corrected chi connectivity index (χ1v) is 10.0. The first-order valence-electron chi connectivity index (χ1n) is 10.0. The van der Waals surface area contributed by atoms with Crippen LogP contribution in [0.4, 0.5) is 0 Å². The van der Waals surface area contributed by atoms with Gasteiger partial charge in [-0.1, -0.05) is 54.6 Å². The lowest BCUT2D eigenvalue weighted by Crippen LogP contribution is -2.43. The van der Waals surface area contributed by atoms with Crippen LogP contribution in [0.25, 0.3) is 10.8 Å². The zero-order chi connectivity index (χ0) is 19.2. The fourth-order valence-electron chi connectivity index (χ4n) is 3.70. The highest BCUT2D eigenvalue weighted by atomic mass is 16.5. The zero-order valence-corrected chi connectivity index (χ0v) is 16.4. The number of fused-ring (bicyclic) bond motifs is 1. The second kappa shape index (κ2) is 8.89. The van der Waals surface area contributed by atoms with Crippen LogP contribution in [-0.4, -0.2) is 48.9 Å². The van der Waals surface area contributed by atoms with Crippen LogP contribution >= 0.6 is 0 Å². The van der Waals surface area contributed by atoms with Crippen LogP contribution in [0, 0.1) is 0 Å². The Balaban J connectivity index is 1.36. The van der Waals surface area contributed by atoms with Gasteiger partial charge in [-0.15, -0.1) is 0 Å². The Morgan fingerprint density at radius 3 is 2.50 bits per heavy atom. The number of hydrazone groups is 1. The highest BCUT2D eigenvalue weighted by Crippen LogP contribution is 2.21. The fourth-order valence-corrected chi connectivity index (χ4v) is 3.70. The SMILES string of the molecule is CCOc1ccccc1/C=N/N1CCN(Cc2cccc3ccccc23)CC1. The number of ether oxygens (including phenoxy) is 1. The lowest BCUT2D eigenvalue weighted by molar-refractivity contribution is 0.131. The van der Waals surface area contributed by atoms with E-state index >= 15 is 0 Å². The molecule has 0 N–H and O–H groups in total. The Morgan fingerprint density at radius 2 is 1.64 bits per heavy atom. The minimum Gasteiger partial charge on any atom is -0.493 e. The van der Waals surface area contributed by atoms with Gasteiger partial charge < -0.3 is 4.74 Å². The summed E-state index contributed by atoms with van der Waals surface area (Å²) in [7, 11) is 0. The number of piperazine rings is 1. The molecule has 0 unspecified atom stereocenters. The summed E-state index contributed by atoms with van der Waals surface area (Å²) < 4.78 is 5.68. The molecule has 0 spiro atoms. The van der Waals surface area contributed by atoms with E-state index in [1.54, 1.807) is 0 Å². The Labute approximate surface area is 167 Å². The van der Waals surface area contributed by atoms with E-state index in [0.717, 1.165) is 44.0 Å². The molecule has 0 saturated carbocycles. The van der Waals surface area contributed by atoms with E-state index in [4.69, 9.17) is 4.74 Å². The molecule has 0 atom stereocenters. The molecular weight excluding hydrogens is 346 g/mol. The van der Waals surface area contributed by atoms with Gasteiger partial charge in [0.1, 0.15) is 5.75 Å². The maximum atomic E-state index is 5.68. The summed E-state index contributed by atoms with van der Waals surface area (Å²) in [4.78, 5) is 2.52. The third-order valence-corrected chi connectivity index (χ3v) is 5.20. The fraction of sp³-hybridized carbons (Fsp3) is 0.292. The topological polar surface area (TPSA) is 28.1 Å². The maximum absolute atomic E-state index is 5.68. The number of hydrogen-bond donors (Lipinski definition) is 0. The van der Waals surface area contributed by atoms with Crippen molar-refractivity contribution in [1.82, 2.24) is 9.91 Å². The smallest absolute Gasteiger partial charge is 0.128 e. The number of benzene rings is 3. The second-order valence-electron chi connectivity index (χ2n) is 7.08. The van der Waals surface area contributed by atoms with Gasteiger partial charge in [0.15, 0.2) is 0 Å². The Hall–Kier alpha value is -2.85. The van der Waals surface area contributed by atoms with Crippen molar-refractivity contribution in [3.05, 3.63) is 77.9 Å². The van der Waals surface area contributed by atoms with Gasteiger partial charge in [0.2, 0.25) is 0 Å². The molecule has 4 rings (SSSR count). The molecule has 0 amide bonds. The Kier molecular flexibility index (Phi) is 5.88. The average Bonchev–Trinajstić information content (AvgIpc) is 2.75. The molecule has 0 aliphatic carbocycles. The lowest BCUT2D eigenvalue weighted by atomic mass is 10.0. The predicted octanol–water partition coefficient (Wildman–Crippen LogP) is 4.39. The molecule has 4 nitrogen and oxygen atoms in total.